The Morgan fingerprint density at radius 1 is 1.25 bits per heavy atom. The van der Waals surface area contributed by atoms with E-state index in [1.165, 1.54) is 5.69 Å². The van der Waals surface area contributed by atoms with Crippen LogP contribution in [0.4, 0.5) is 0 Å². The quantitative estimate of drug-likeness (QED) is 0.579. The molecule has 0 radical (unpaired) electrons. The Hall–Kier alpha value is -3.19. The molecule has 0 bridgehead atoms. The predicted molar refractivity (Wildman–Crippen MR) is 122 cm³/mol. The fraction of sp³-hybridized carbons (Fsp3) is 0.400. The Bertz CT molecular complexity index is 1090. The van der Waals surface area contributed by atoms with Gasteiger partial charge in [-0.25, -0.2) is 0 Å². The summed E-state index contributed by atoms with van der Waals surface area (Å²) in [5, 5.41) is 12.6. The molecule has 2 aromatic heterocycles. The van der Waals surface area contributed by atoms with Crippen molar-refractivity contribution in [1.82, 2.24) is 25.2 Å². The Morgan fingerprint density at radius 3 is 2.84 bits per heavy atom. The maximum atomic E-state index is 13.1. The van der Waals surface area contributed by atoms with Gasteiger partial charge in [0, 0.05) is 48.6 Å². The average molecular weight is 432 g/mol. The van der Waals surface area contributed by atoms with Crippen LogP contribution in [0.1, 0.15) is 46.7 Å². The van der Waals surface area contributed by atoms with Crippen LogP contribution in [-0.2, 0) is 25.9 Å². The molecule has 32 heavy (non-hydrogen) atoms. The second-order valence-corrected chi connectivity index (χ2v) is 8.61. The summed E-state index contributed by atoms with van der Waals surface area (Å²) in [7, 11) is 0. The smallest absolute Gasteiger partial charge is 0.274 e. The largest absolute Gasteiger partial charge is 0.356 e. The summed E-state index contributed by atoms with van der Waals surface area (Å²) < 4.78 is 7.49. The molecule has 3 heterocycles. The van der Waals surface area contributed by atoms with E-state index in [0.29, 0.717) is 18.8 Å². The number of carbonyl (C=O) groups excluding carboxylic acids is 1. The van der Waals surface area contributed by atoms with Crippen molar-refractivity contribution >= 4 is 5.91 Å². The number of nitrogens with zero attached hydrogens (tertiary/aromatic N) is 4. The van der Waals surface area contributed by atoms with Gasteiger partial charge in [0.15, 0.2) is 11.5 Å². The molecule has 1 aromatic carbocycles. The number of hydrogen-bond acceptors (Lipinski definition) is 5. The van der Waals surface area contributed by atoms with Crippen LogP contribution in [-0.4, -0.2) is 44.9 Å². The first kappa shape index (κ1) is 20.7. The molecule has 1 N–H and O–H groups in total. The number of nitrogens with one attached hydrogen (secondary N) is 1. The van der Waals surface area contributed by atoms with Crippen molar-refractivity contribution in [3.8, 4) is 11.3 Å². The van der Waals surface area contributed by atoms with Crippen molar-refractivity contribution in [3.63, 3.8) is 0 Å². The van der Waals surface area contributed by atoms with Crippen molar-refractivity contribution in [1.29, 1.82) is 0 Å². The Kier molecular flexibility index (Phi) is 5.90. The van der Waals surface area contributed by atoms with Crippen molar-refractivity contribution < 1.29 is 9.32 Å². The molecule has 1 fully saturated rings. The summed E-state index contributed by atoms with van der Waals surface area (Å²) >= 11 is 0. The molecule has 5 rings (SSSR count). The fourth-order valence-corrected chi connectivity index (χ4v) is 4.76. The molecular formula is C25H29N5O2. The van der Waals surface area contributed by atoms with Crippen molar-refractivity contribution in [2.24, 2.45) is 0 Å². The minimum absolute atomic E-state index is 0.0752. The van der Waals surface area contributed by atoms with E-state index in [-0.39, 0.29) is 11.9 Å². The van der Waals surface area contributed by atoms with E-state index in [4.69, 9.17) is 9.62 Å². The van der Waals surface area contributed by atoms with Gasteiger partial charge in [0.25, 0.3) is 5.91 Å². The van der Waals surface area contributed by atoms with Gasteiger partial charge in [0.05, 0.1) is 12.2 Å². The normalized spacial score (nSPS) is 18.0. The lowest BCUT2D eigenvalue weighted by atomic mass is 9.91. The number of carbonyl (C=O) groups is 1. The van der Waals surface area contributed by atoms with E-state index in [2.05, 4.69) is 17.1 Å². The minimum atomic E-state index is 0.0752. The molecule has 1 unspecified atom stereocenters. The van der Waals surface area contributed by atoms with Crippen LogP contribution in [0.3, 0.4) is 0 Å². The molecule has 7 heteroatoms. The summed E-state index contributed by atoms with van der Waals surface area (Å²) in [5.41, 5.74) is 4.80. The zero-order chi connectivity index (χ0) is 21.9. The number of amides is 1. The second-order valence-electron chi connectivity index (χ2n) is 8.61. The lowest BCUT2D eigenvalue weighted by Crippen LogP contribution is -2.35. The maximum Gasteiger partial charge on any atom is 0.274 e. The van der Waals surface area contributed by atoms with E-state index in [9.17, 15) is 4.79 Å². The number of rotatable bonds is 7. The molecule has 2 aliphatic rings. The molecule has 1 aliphatic carbocycles. The van der Waals surface area contributed by atoms with Crippen molar-refractivity contribution in [2.45, 2.75) is 51.2 Å². The molecule has 1 amide bonds. The molecule has 1 aliphatic heterocycles. The Balaban J connectivity index is 1.29. The van der Waals surface area contributed by atoms with E-state index >= 15 is 0 Å². The number of hydrogen-bond donors (Lipinski definition) is 1. The van der Waals surface area contributed by atoms with Crippen LogP contribution in [0.2, 0.25) is 0 Å². The van der Waals surface area contributed by atoms with Crippen LogP contribution >= 0.6 is 0 Å². The molecule has 0 saturated carbocycles. The Morgan fingerprint density at radius 2 is 2.06 bits per heavy atom. The number of fused-ring (bicyclic) bond motifs is 1. The second kappa shape index (κ2) is 9.12. The van der Waals surface area contributed by atoms with Gasteiger partial charge < -0.3 is 14.7 Å². The van der Waals surface area contributed by atoms with Crippen LogP contribution in [0, 0.1) is 0 Å². The van der Waals surface area contributed by atoms with Gasteiger partial charge >= 0.3 is 0 Å². The van der Waals surface area contributed by atoms with Gasteiger partial charge in [-0.3, -0.25) is 9.48 Å². The maximum absolute atomic E-state index is 13.1. The van der Waals surface area contributed by atoms with E-state index in [1.807, 2.05) is 52.1 Å². The van der Waals surface area contributed by atoms with Gasteiger partial charge in [0.2, 0.25) is 0 Å². The zero-order valence-corrected chi connectivity index (χ0v) is 18.3. The lowest BCUT2D eigenvalue weighted by molar-refractivity contribution is 0.0785. The molecular weight excluding hydrogens is 402 g/mol. The monoisotopic (exact) mass is 431 g/mol. The molecule has 0 spiro atoms. The first-order valence-electron chi connectivity index (χ1n) is 11.5. The predicted octanol–water partition coefficient (Wildman–Crippen LogP) is 3.61. The van der Waals surface area contributed by atoms with Crippen molar-refractivity contribution in [3.05, 3.63) is 71.7 Å². The number of aromatic nitrogens is 3. The Labute approximate surface area is 188 Å². The van der Waals surface area contributed by atoms with E-state index in [0.717, 1.165) is 67.8 Å². The minimum Gasteiger partial charge on any atom is -0.356 e. The SMILES string of the molecule is C=CCn1nc(C(=O)N2CCCC2)c2c1CCC(NCc1cc(-c3ccccc3)on1)C2. The highest BCUT2D eigenvalue weighted by atomic mass is 16.5. The first-order chi connectivity index (χ1) is 15.7. The fourth-order valence-electron chi connectivity index (χ4n) is 4.76. The third kappa shape index (κ3) is 4.12. The van der Waals surface area contributed by atoms with Gasteiger partial charge in [-0.1, -0.05) is 41.6 Å². The third-order valence-electron chi connectivity index (χ3n) is 6.43. The third-order valence-corrected chi connectivity index (χ3v) is 6.43. The summed E-state index contributed by atoms with van der Waals surface area (Å²) in [4.78, 5) is 15.1. The molecule has 7 nitrogen and oxygen atoms in total. The van der Waals surface area contributed by atoms with Crippen LogP contribution in [0.25, 0.3) is 11.3 Å². The van der Waals surface area contributed by atoms with Crippen LogP contribution in [0.15, 0.2) is 53.6 Å². The lowest BCUT2D eigenvalue weighted by Gasteiger charge is -2.24. The summed E-state index contributed by atoms with van der Waals surface area (Å²) in [6.45, 7) is 6.78. The highest BCUT2D eigenvalue weighted by Gasteiger charge is 2.31. The van der Waals surface area contributed by atoms with Crippen molar-refractivity contribution in [2.75, 3.05) is 13.1 Å². The standard InChI is InChI=1S/C25H29N5O2/c1-2-12-30-22-11-10-19(15-21(22)24(27-30)25(31)29-13-6-7-14-29)26-17-20-16-23(32-28-20)18-8-4-3-5-9-18/h2-5,8-9,16,19,26H,1,6-7,10-15,17H2. The van der Waals surface area contributed by atoms with Gasteiger partial charge in [-0.2, -0.15) is 5.10 Å². The molecule has 1 saturated heterocycles. The zero-order valence-electron chi connectivity index (χ0n) is 18.3. The van der Waals surface area contributed by atoms with Gasteiger partial charge in [-0.15, -0.1) is 6.58 Å². The van der Waals surface area contributed by atoms with Gasteiger partial charge in [-0.05, 0) is 32.1 Å². The highest BCUT2D eigenvalue weighted by molar-refractivity contribution is 5.94. The molecule has 3 aromatic rings. The van der Waals surface area contributed by atoms with E-state index in [1.54, 1.807) is 0 Å². The van der Waals surface area contributed by atoms with Crippen LogP contribution in [0.5, 0.6) is 0 Å². The average Bonchev–Trinajstić information content (AvgIpc) is 3.58. The molecule has 166 valence electrons. The van der Waals surface area contributed by atoms with E-state index < -0.39 is 0 Å². The topological polar surface area (TPSA) is 76.2 Å². The highest BCUT2D eigenvalue weighted by Crippen LogP contribution is 2.27. The van der Waals surface area contributed by atoms with Crippen LogP contribution < -0.4 is 5.32 Å². The molecule has 1 atom stereocenters. The number of likely N-dealkylation sites (tertiary alicyclic amines) is 1. The number of benzene rings is 1. The first-order valence-corrected chi connectivity index (χ1v) is 11.5. The van der Waals surface area contributed by atoms with Gasteiger partial charge in [0.1, 0.15) is 0 Å². The number of allylic oxidation sites excluding steroid dienone is 1. The summed E-state index contributed by atoms with van der Waals surface area (Å²) in [5.74, 6) is 0.851. The summed E-state index contributed by atoms with van der Waals surface area (Å²) in [6.07, 6.45) is 6.69. The summed E-state index contributed by atoms with van der Waals surface area (Å²) in [6, 6.07) is 12.2.